The van der Waals surface area contributed by atoms with Crippen molar-refractivity contribution in [1.29, 1.82) is 0 Å². The minimum atomic E-state index is 0.0945. The molecule has 1 saturated heterocycles. The lowest BCUT2D eigenvalue weighted by Gasteiger charge is -2.34. The van der Waals surface area contributed by atoms with Crippen LogP contribution in [0.4, 0.5) is 0 Å². The molecule has 2 aromatic rings. The summed E-state index contributed by atoms with van der Waals surface area (Å²) in [7, 11) is 1.75. The van der Waals surface area contributed by atoms with E-state index in [2.05, 4.69) is 38.9 Å². The van der Waals surface area contributed by atoms with Crippen LogP contribution in [0.1, 0.15) is 49.2 Å². The first-order valence-electron chi connectivity index (χ1n) is 10.5. The van der Waals surface area contributed by atoms with Crippen molar-refractivity contribution in [3.05, 3.63) is 48.3 Å². The quantitative estimate of drug-likeness (QED) is 0.652. The van der Waals surface area contributed by atoms with Crippen molar-refractivity contribution in [3.63, 3.8) is 0 Å². The maximum atomic E-state index is 5.73. The molecule has 0 unspecified atom stereocenters. The molecule has 2 aliphatic rings. The number of tetrazole rings is 1. The van der Waals surface area contributed by atoms with E-state index in [0.29, 0.717) is 6.04 Å². The van der Waals surface area contributed by atoms with Gasteiger partial charge in [-0.05, 0) is 41.5 Å². The van der Waals surface area contributed by atoms with Crippen LogP contribution < -0.4 is 14.5 Å². The van der Waals surface area contributed by atoms with Crippen molar-refractivity contribution < 1.29 is 14.5 Å². The van der Waals surface area contributed by atoms with Crippen molar-refractivity contribution in [2.45, 2.75) is 37.8 Å². The number of nitrogens with zero attached hydrogens (tertiary/aromatic N) is 4. The summed E-state index contributed by atoms with van der Waals surface area (Å²) in [6.07, 6.45) is 6.89. The van der Waals surface area contributed by atoms with Crippen LogP contribution in [0.3, 0.4) is 0 Å². The molecular formula is C21H32N6O+2. The number of benzene rings is 1. The van der Waals surface area contributed by atoms with E-state index in [-0.39, 0.29) is 6.04 Å². The lowest BCUT2D eigenvalue weighted by molar-refractivity contribution is -1.02. The van der Waals surface area contributed by atoms with Crippen LogP contribution in [0.5, 0.6) is 5.75 Å². The van der Waals surface area contributed by atoms with Gasteiger partial charge in [-0.25, -0.2) is 4.68 Å². The molecule has 7 nitrogen and oxygen atoms in total. The Kier molecular flexibility index (Phi) is 6.02. The molecule has 28 heavy (non-hydrogen) atoms. The van der Waals surface area contributed by atoms with Crippen molar-refractivity contribution >= 4 is 0 Å². The average molecular weight is 385 g/mol. The molecule has 2 heterocycles. The summed E-state index contributed by atoms with van der Waals surface area (Å²) in [4.78, 5) is 3.12. The Bertz CT molecular complexity index is 777. The molecule has 1 aromatic carbocycles. The Balaban J connectivity index is 1.69. The van der Waals surface area contributed by atoms with Crippen LogP contribution in [0, 0.1) is 0 Å². The van der Waals surface area contributed by atoms with Gasteiger partial charge < -0.3 is 14.5 Å². The Morgan fingerprint density at radius 3 is 2.68 bits per heavy atom. The van der Waals surface area contributed by atoms with E-state index in [1.807, 2.05) is 18.2 Å². The largest absolute Gasteiger partial charge is 0.496 e. The zero-order valence-electron chi connectivity index (χ0n) is 16.8. The van der Waals surface area contributed by atoms with Gasteiger partial charge in [0.2, 0.25) is 5.82 Å². The van der Waals surface area contributed by atoms with Gasteiger partial charge in [0.1, 0.15) is 31.9 Å². The number of nitrogens with one attached hydrogen (secondary N) is 2. The standard InChI is InChI=1S/C21H30N6O/c1-3-12-25-13-15-26(16-14-25)20(18-10-6-7-11-19(18)28-2)21-22-23-24-27(21)17-8-4-5-9-17/h3,6-7,10-11,17,20H,1,4-5,8-9,12-16H2,2H3/p+2/t20-/m0/s1. The third kappa shape index (κ3) is 3.82. The van der Waals surface area contributed by atoms with E-state index in [4.69, 9.17) is 4.74 Å². The molecule has 7 heteroatoms. The third-order valence-electron chi connectivity index (χ3n) is 6.34. The fourth-order valence-electron chi connectivity index (χ4n) is 4.87. The van der Waals surface area contributed by atoms with Crippen molar-refractivity contribution in [2.24, 2.45) is 0 Å². The molecule has 150 valence electrons. The number of quaternary nitrogens is 2. The zero-order chi connectivity index (χ0) is 19.3. The van der Waals surface area contributed by atoms with Crippen LogP contribution in [0.25, 0.3) is 0 Å². The Hall–Kier alpha value is -2.25. The van der Waals surface area contributed by atoms with Gasteiger partial charge in [0.05, 0.1) is 25.3 Å². The van der Waals surface area contributed by atoms with E-state index in [0.717, 1.165) is 44.3 Å². The van der Waals surface area contributed by atoms with Crippen LogP contribution in [0.2, 0.25) is 0 Å². The van der Waals surface area contributed by atoms with Crippen molar-refractivity contribution in [1.82, 2.24) is 20.2 Å². The molecule has 2 N–H and O–H groups in total. The molecule has 0 bridgehead atoms. The fourth-order valence-corrected chi connectivity index (χ4v) is 4.87. The van der Waals surface area contributed by atoms with Crippen LogP contribution in [-0.4, -0.2) is 60.0 Å². The highest BCUT2D eigenvalue weighted by Gasteiger charge is 2.38. The Morgan fingerprint density at radius 2 is 1.96 bits per heavy atom. The van der Waals surface area contributed by atoms with Crippen LogP contribution >= 0.6 is 0 Å². The van der Waals surface area contributed by atoms with Gasteiger partial charge in [-0.3, -0.25) is 0 Å². The molecule has 0 spiro atoms. The minimum Gasteiger partial charge on any atom is -0.496 e. The maximum absolute atomic E-state index is 5.73. The number of hydrogen-bond acceptors (Lipinski definition) is 4. The molecule has 4 rings (SSSR count). The minimum absolute atomic E-state index is 0.0945. The van der Waals surface area contributed by atoms with Crippen LogP contribution in [0.15, 0.2) is 36.9 Å². The highest BCUT2D eigenvalue weighted by molar-refractivity contribution is 5.37. The van der Waals surface area contributed by atoms with E-state index in [1.54, 1.807) is 12.0 Å². The molecule has 1 aliphatic heterocycles. The smallest absolute Gasteiger partial charge is 0.214 e. The van der Waals surface area contributed by atoms with E-state index >= 15 is 0 Å². The predicted molar refractivity (Wildman–Crippen MR) is 107 cm³/mol. The van der Waals surface area contributed by atoms with Crippen LogP contribution in [-0.2, 0) is 0 Å². The summed E-state index contributed by atoms with van der Waals surface area (Å²) in [6, 6.07) is 8.86. The molecule has 1 aromatic heterocycles. The average Bonchev–Trinajstić information content (AvgIpc) is 3.42. The van der Waals surface area contributed by atoms with E-state index < -0.39 is 0 Å². The van der Waals surface area contributed by atoms with Gasteiger partial charge in [-0.1, -0.05) is 31.6 Å². The van der Waals surface area contributed by atoms with Gasteiger partial charge in [-0.2, -0.15) is 0 Å². The topological polar surface area (TPSA) is 61.7 Å². The molecular weight excluding hydrogens is 352 g/mol. The van der Waals surface area contributed by atoms with Gasteiger partial charge in [0.25, 0.3) is 0 Å². The molecule has 0 amide bonds. The maximum Gasteiger partial charge on any atom is 0.214 e. The van der Waals surface area contributed by atoms with E-state index in [9.17, 15) is 0 Å². The number of para-hydroxylation sites is 1. The monoisotopic (exact) mass is 384 g/mol. The highest BCUT2D eigenvalue weighted by Crippen LogP contribution is 2.33. The van der Waals surface area contributed by atoms with Gasteiger partial charge >= 0.3 is 0 Å². The number of methoxy groups -OCH3 is 1. The third-order valence-corrected chi connectivity index (χ3v) is 6.34. The Morgan fingerprint density at radius 1 is 1.21 bits per heavy atom. The molecule has 0 radical (unpaired) electrons. The van der Waals surface area contributed by atoms with Gasteiger partial charge in [-0.15, -0.1) is 5.10 Å². The lowest BCUT2D eigenvalue weighted by Crippen LogP contribution is -3.28. The first-order chi connectivity index (χ1) is 13.8. The summed E-state index contributed by atoms with van der Waals surface area (Å²) in [5, 5.41) is 13.1. The molecule has 1 saturated carbocycles. The first-order valence-corrected chi connectivity index (χ1v) is 10.5. The predicted octanol–water partition coefficient (Wildman–Crippen LogP) is -0.144. The second-order valence-electron chi connectivity index (χ2n) is 8.00. The lowest BCUT2D eigenvalue weighted by atomic mass is 10.0. The van der Waals surface area contributed by atoms with Gasteiger partial charge in [0, 0.05) is 0 Å². The number of aromatic nitrogens is 4. The number of piperazine rings is 1. The Labute approximate surface area is 167 Å². The molecule has 1 aliphatic carbocycles. The second kappa shape index (κ2) is 8.84. The summed E-state index contributed by atoms with van der Waals surface area (Å²) in [6.45, 7) is 9.38. The fraction of sp³-hybridized carbons (Fsp3) is 0.571. The molecule has 1 atom stereocenters. The summed E-state index contributed by atoms with van der Waals surface area (Å²) >= 11 is 0. The number of rotatable bonds is 7. The number of hydrogen-bond donors (Lipinski definition) is 2. The number of ether oxygens (including phenoxy) is 1. The second-order valence-corrected chi connectivity index (χ2v) is 8.00. The summed E-state index contributed by atoms with van der Waals surface area (Å²) < 4.78 is 7.84. The molecule has 2 fully saturated rings. The van der Waals surface area contributed by atoms with Crippen molar-refractivity contribution in [2.75, 3.05) is 39.8 Å². The normalized spacial score (nSPS) is 24.2. The summed E-state index contributed by atoms with van der Waals surface area (Å²) in [5.41, 5.74) is 1.18. The van der Waals surface area contributed by atoms with Gasteiger partial charge in [0.15, 0.2) is 6.04 Å². The summed E-state index contributed by atoms with van der Waals surface area (Å²) in [5.74, 6) is 1.90. The first kappa shape index (κ1) is 19.1. The van der Waals surface area contributed by atoms with Crippen molar-refractivity contribution in [3.8, 4) is 5.75 Å². The highest BCUT2D eigenvalue weighted by atomic mass is 16.5. The SMILES string of the molecule is C=CC[NH+]1CC[NH+]([C@@H](c2ccccc2OC)c2nnnn2C2CCCC2)CC1. The van der Waals surface area contributed by atoms with E-state index in [1.165, 1.54) is 36.1 Å². The zero-order valence-corrected chi connectivity index (χ0v) is 16.8.